The Kier molecular flexibility index (Phi) is 14.5. The molecule has 1 aliphatic rings. The number of hydrogen-bond donors (Lipinski definition) is 0. The molecule has 76 heavy (non-hydrogen) atoms. The van der Waals surface area contributed by atoms with E-state index < -0.39 is 0 Å². The molecule has 0 aliphatic carbocycles. The molecule has 1 aliphatic heterocycles. The van der Waals surface area contributed by atoms with Gasteiger partial charge < -0.3 is 23.6 Å². The van der Waals surface area contributed by atoms with E-state index in [2.05, 4.69) is 179 Å². The Morgan fingerprint density at radius 1 is 0.592 bits per heavy atom. The fourth-order valence-corrected chi connectivity index (χ4v) is 10.6. The van der Waals surface area contributed by atoms with Crippen molar-refractivity contribution in [3.63, 3.8) is 0 Å². The third kappa shape index (κ3) is 9.45. The predicted octanol–water partition coefficient (Wildman–Crippen LogP) is 19.3. The number of aryl methyl sites for hydroxylation is 2. The first-order chi connectivity index (χ1) is 36.2. The molecular formula is C67H61FIrN5O2. The number of rotatable bonds is 10. The molecular weight excluding hydrogens is 1120 g/mol. The van der Waals surface area contributed by atoms with Crippen molar-refractivity contribution in [2.24, 2.45) is 0 Å². The van der Waals surface area contributed by atoms with Crippen molar-refractivity contribution >= 4 is 50.0 Å². The van der Waals surface area contributed by atoms with Crippen LogP contribution in [0.2, 0.25) is 0 Å². The first kappa shape index (κ1) is 51.9. The third-order valence-corrected chi connectivity index (χ3v) is 14.5. The maximum atomic E-state index is 13.5. The van der Waals surface area contributed by atoms with E-state index in [1.807, 2.05) is 56.3 Å². The van der Waals surface area contributed by atoms with Crippen LogP contribution in [-0.2, 0) is 20.1 Å². The number of nitrogens with zero attached hydrogens (tertiary/aromatic N) is 5. The van der Waals surface area contributed by atoms with Gasteiger partial charge in [-0.1, -0.05) is 151 Å². The van der Waals surface area contributed by atoms with E-state index in [0.29, 0.717) is 17.7 Å². The Morgan fingerprint density at radius 3 is 1.92 bits per heavy atom. The van der Waals surface area contributed by atoms with Crippen LogP contribution in [0.15, 0.2) is 167 Å². The quantitative estimate of drug-likeness (QED) is 0.128. The molecule has 4 heterocycles. The first-order valence-corrected chi connectivity index (χ1v) is 26.2. The number of para-hydroxylation sites is 5. The molecule has 0 amide bonds. The van der Waals surface area contributed by atoms with Gasteiger partial charge in [-0.15, -0.1) is 36.0 Å². The Hall–Kier alpha value is -7.58. The van der Waals surface area contributed by atoms with Crippen LogP contribution in [-0.4, -0.2) is 14.5 Å². The van der Waals surface area contributed by atoms with Crippen LogP contribution in [0.4, 0.5) is 21.5 Å². The van der Waals surface area contributed by atoms with E-state index in [9.17, 15) is 4.39 Å². The Balaban J connectivity index is 0.000000194. The Morgan fingerprint density at radius 2 is 1.26 bits per heavy atom. The molecule has 8 aromatic carbocycles. The largest absolute Gasteiger partial charge is 3.00 e. The second kappa shape index (κ2) is 21.2. The zero-order chi connectivity index (χ0) is 52.2. The maximum Gasteiger partial charge on any atom is 3.00 e. The molecule has 382 valence electrons. The third-order valence-electron chi connectivity index (χ3n) is 14.5. The van der Waals surface area contributed by atoms with Crippen molar-refractivity contribution < 1.29 is 33.3 Å². The van der Waals surface area contributed by atoms with Gasteiger partial charge in [0.25, 0.3) is 0 Å². The molecule has 9 heteroatoms. The van der Waals surface area contributed by atoms with Gasteiger partial charge in [0.1, 0.15) is 11.3 Å². The minimum atomic E-state index is -0.281. The molecule has 0 saturated heterocycles. The summed E-state index contributed by atoms with van der Waals surface area (Å²) in [5.74, 6) is 3.23. The fraction of sp³-hybridized carbons (Fsp3) is 0.224. The maximum absolute atomic E-state index is 13.5. The normalized spacial score (nSPS) is 13.2. The SMILES string of the molecule is CC(C)c1cccc(C(C)C)c1N1c2ccccc2[N-]C1c1[c-]cc(F)cc1.Cc1nc(-c2ccc3c(c2)oc2c(-c4nc5ccccc5n4-c4c(C(C)C)cc(-c5ccccc5)cc4C(C)C)[c-]ccc23)oc1C.[Ir+3]. The Bertz CT molecular complexity index is 3810. The van der Waals surface area contributed by atoms with Gasteiger partial charge in [-0.25, -0.2) is 4.98 Å². The monoisotopic (exact) mass is 1180 g/mol. The minimum absolute atomic E-state index is 0. The van der Waals surface area contributed by atoms with Gasteiger partial charge >= 0.3 is 20.1 Å². The molecule has 0 saturated carbocycles. The van der Waals surface area contributed by atoms with Gasteiger partial charge in [0, 0.05) is 33.8 Å². The number of furan rings is 1. The zero-order valence-electron chi connectivity index (χ0n) is 44.7. The topological polar surface area (TPSA) is 74.3 Å². The molecule has 0 N–H and O–H groups in total. The van der Waals surface area contributed by atoms with Gasteiger partial charge in [-0.3, -0.25) is 9.37 Å². The van der Waals surface area contributed by atoms with E-state index >= 15 is 0 Å². The van der Waals surface area contributed by atoms with Crippen LogP contribution in [0, 0.1) is 31.8 Å². The summed E-state index contributed by atoms with van der Waals surface area (Å²) in [6.45, 7) is 21.9. The fourth-order valence-electron chi connectivity index (χ4n) is 10.6. The molecule has 12 rings (SSSR count). The minimum Gasteiger partial charge on any atom is -0.661 e. The molecule has 0 spiro atoms. The van der Waals surface area contributed by atoms with Crippen molar-refractivity contribution in [3.8, 4) is 39.7 Å². The molecule has 0 bridgehead atoms. The second-order valence-corrected chi connectivity index (χ2v) is 20.9. The number of fused-ring (bicyclic) bond motifs is 5. The van der Waals surface area contributed by atoms with Crippen LogP contribution in [0.3, 0.4) is 0 Å². The smallest absolute Gasteiger partial charge is 0.661 e. The van der Waals surface area contributed by atoms with Crippen LogP contribution < -0.4 is 4.90 Å². The van der Waals surface area contributed by atoms with Crippen LogP contribution >= 0.6 is 0 Å². The summed E-state index contributed by atoms with van der Waals surface area (Å²) in [4.78, 5) is 12.2. The summed E-state index contributed by atoms with van der Waals surface area (Å²) in [5, 5.41) is 7.03. The molecule has 7 nitrogen and oxygen atoms in total. The number of aromatic nitrogens is 3. The Labute approximate surface area is 459 Å². The van der Waals surface area contributed by atoms with Gasteiger partial charge in [0.15, 0.2) is 0 Å². The van der Waals surface area contributed by atoms with E-state index in [0.717, 1.165) is 78.3 Å². The number of oxazole rings is 1. The molecule has 1 unspecified atom stereocenters. The van der Waals surface area contributed by atoms with E-state index in [1.165, 1.54) is 56.9 Å². The summed E-state index contributed by atoms with van der Waals surface area (Å²) < 4.78 is 28.5. The van der Waals surface area contributed by atoms with Gasteiger partial charge in [-0.2, -0.15) is 17.7 Å². The summed E-state index contributed by atoms with van der Waals surface area (Å²) in [7, 11) is 0. The van der Waals surface area contributed by atoms with Crippen molar-refractivity contribution in [1.29, 1.82) is 0 Å². The number of halogens is 1. The van der Waals surface area contributed by atoms with Gasteiger partial charge in [0.05, 0.1) is 28.1 Å². The molecule has 1 atom stereocenters. The van der Waals surface area contributed by atoms with E-state index in [4.69, 9.17) is 19.1 Å². The first-order valence-electron chi connectivity index (χ1n) is 26.2. The van der Waals surface area contributed by atoms with Crippen molar-refractivity contribution in [2.75, 3.05) is 4.90 Å². The number of benzene rings is 8. The van der Waals surface area contributed by atoms with E-state index in [-0.39, 0.29) is 43.9 Å². The second-order valence-electron chi connectivity index (χ2n) is 20.9. The summed E-state index contributed by atoms with van der Waals surface area (Å²) >= 11 is 0. The van der Waals surface area contributed by atoms with Crippen LogP contribution in [0.5, 0.6) is 0 Å². The molecule has 11 aromatic rings. The van der Waals surface area contributed by atoms with E-state index in [1.54, 1.807) is 6.07 Å². The number of anilines is 2. The van der Waals surface area contributed by atoms with Crippen LogP contribution in [0.25, 0.3) is 77.9 Å². The van der Waals surface area contributed by atoms with Crippen LogP contribution in [0.1, 0.15) is 124 Å². The van der Waals surface area contributed by atoms with Gasteiger partial charge in [0.2, 0.25) is 5.89 Å². The van der Waals surface area contributed by atoms with Crippen molar-refractivity contribution in [3.05, 3.63) is 220 Å². The van der Waals surface area contributed by atoms with Crippen molar-refractivity contribution in [1.82, 2.24) is 14.5 Å². The molecule has 0 radical (unpaired) electrons. The zero-order valence-corrected chi connectivity index (χ0v) is 47.1. The van der Waals surface area contributed by atoms with Gasteiger partial charge in [-0.05, 0) is 120 Å². The molecule has 3 aromatic heterocycles. The summed E-state index contributed by atoms with van der Waals surface area (Å²) in [6.07, 6.45) is -0.254. The average molecular weight is 1180 g/mol. The average Bonchev–Trinajstić information content (AvgIpc) is 4.24. The number of imidazole rings is 1. The molecule has 0 fully saturated rings. The number of hydrogen-bond acceptors (Lipinski definition) is 5. The standard InChI is InChI=1S/C42H36N3O2.C25H25FN2.Ir/c1-24(2)34-21-30(28-13-8-7-9-14-28)22-35(25(3)4)39(34)45-37-18-11-10-17-36(37)44-41(45)33-16-12-15-32-31-20-19-29(23-38(31)47-40(32)33)42-43-26(5)27(6)46-42;1-16(2)20-8-7-9-21(17(3)4)24(20)28-23-11-6-5-10-22(23)27-25(28)18-12-14-19(26)15-13-18;/h7-15,17-25H,1-6H3;5-12,14-17,25H,1-4H3;/q-1;-2;+3. The van der Waals surface area contributed by atoms with Crippen molar-refractivity contribution in [2.45, 2.75) is 99.1 Å². The summed E-state index contributed by atoms with van der Waals surface area (Å²) in [5.41, 5.74) is 19.0. The summed E-state index contributed by atoms with van der Waals surface area (Å²) in [6, 6.07) is 60.1. The predicted molar refractivity (Wildman–Crippen MR) is 305 cm³/mol.